The summed E-state index contributed by atoms with van der Waals surface area (Å²) in [6, 6.07) is 3.22. The number of ether oxygens (including phenoxy) is 2. The molecule has 0 aliphatic carbocycles. The molecule has 1 aromatic heterocycles. The lowest BCUT2D eigenvalue weighted by molar-refractivity contribution is 0.355. The van der Waals surface area contributed by atoms with Gasteiger partial charge in [-0.15, -0.1) is 0 Å². The smallest absolute Gasteiger partial charge is 0.335 e. The van der Waals surface area contributed by atoms with Crippen LogP contribution in [0.4, 0.5) is 0 Å². The zero-order valence-corrected chi connectivity index (χ0v) is 12.8. The third kappa shape index (κ3) is 2.44. The van der Waals surface area contributed by atoms with E-state index in [4.69, 9.17) is 9.47 Å². The molecule has 0 fully saturated rings. The molecule has 2 aromatic rings. The zero-order chi connectivity index (χ0) is 15.7. The molecule has 0 spiro atoms. The van der Waals surface area contributed by atoms with Crippen LogP contribution in [0.2, 0.25) is 0 Å². The maximum absolute atomic E-state index is 12.3. The third-order valence-electron chi connectivity index (χ3n) is 3.18. The number of methoxy groups -OCH3 is 2. The van der Waals surface area contributed by atoms with Gasteiger partial charge < -0.3 is 9.47 Å². The SMILES string of the molecule is COc1cc2c(=O)n(C)c(=O)n(C=C(C)C)c2cc1OC. The summed E-state index contributed by atoms with van der Waals surface area (Å²) in [6.07, 6.45) is 1.69. The van der Waals surface area contributed by atoms with E-state index < -0.39 is 5.69 Å². The monoisotopic (exact) mass is 290 g/mol. The molecular weight excluding hydrogens is 272 g/mol. The Hall–Kier alpha value is -2.50. The minimum Gasteiger partial charge on any atom is -0.493 e. The molecule has 112 valence electrons. The van der Waals surface area contributed by atoms with Crippen molar-refractivity contribution in [1.82, 2.24) is 9.13 Å². The van der Waals surface area contributed by atoms with E-state index in [0.29, 0.717) is 22.4 Å². The van der Waals surface area contributed by atoms with Crippen LogP contribution in [0.1, 0.15) is 13.8 Å². The highest BCUT2D eigenvalue weighted by Crippen LogP contribution is 2.30. The van der Waals surface area contributed by atoms with E-state index >= 15 is 0 Å². The van der Waals surface area contributed by atoms with Gasteiger partial charge in [0.2, 0.25) is 0 Å². The van der Waals surface area contributed by atoms with Crippen molar-refractivity contribution in [2.45, 2.75) is 13.8 Å². The minimum atomic E-state index is -0.402. The molecule has 0 N–H and O–H groups in total. The lowest BCUT2D eigenvalue weighted by atomic mass is 10.2. The van der Waals surface area contributed by atoms with Crippen LogP contribution in [-0.4, -0.2) is 23.4 Å². The summed E-state index contributed by atoms with van der Waals surface area (Å²) in [5.41, 5.74) is 0.657. The number of hydrogen-bond donors (Lipinski definition) is 0. The van der Waals surface area contributed by atoms with Gasteiger partial charge in [-0.05, 0) is 19.9 Å². The minimum absolute atomic E-state index is 0.366. The van der Waals surface area contributed by atoms with Crippen molar-refractivity contribution in [3.63, 3.8) is 0 Å². The topological polar surface area (TPSA) is 62.5 Å². The fraction of sp³-hybridized carbons (Fsp3) is 0.333. The first kappa shape index (κ1) is 14.9. The Morgan fingerprint density at radius 1 is 1.10 bits per heavy atom. The average Bonchev–Trinajstić information content (AvgIpc) is 2.47. The molecule has 1 aromatic carbocycles. The van der Waals surface area contributed by atoms with Crippen molar-refractivity contribution in [1.29, 1.82) is 0 Å². The van der Waals surface area contributed by atoms with Crippen LogP contribution in [0.25, 0.3) is 17.1 Å². The summed E-state index contributed by atoms with van der Waals surface area (Å²) >= 11 is 0. The number of nitrogens with zero attached hydrogens (tertiary/aromatic N) is 2. The fourth-order valence-electron chi connectivity index (χ4n) is 2.15. The Bertz CT molecular complexity index is 839. The van der Waals surface area contributed by atoms with Crippen LogP contribution >= 0.6 is 0 Å². The Labute approximate surface area is 121 Å². The van der Waals surface area contributed by atoms with E-state index in [1.807, 2.05) is 13.8 Å². The predicted molar refractivity (Wildman–Crippen MR) is 82.2 cm³/mol. The summed E-state index contributed by atoms with van der Waals surface area (Å²) in [7, 11) is 4.46. The maximum atomic E-state index is 12.3. The van der Waals surface area contributed by atoms with E-state index in [2.05, 4.69) is 0 Å². The lowest BCUT2D eigenvalue weighted by Gasteiger charge is -2.13. The highest BCUT2D eigenvalue weighted by atomic mass is 16.5. The van der Waals surface area contributed by atoms with Crippen molar-refractivity contribution >= 4 is 17.1 Å². The van der Waals surface area contributed by atoms with Gasteiger partial charge in [0.05, 0.1) is 25.1 Å². The zero-order valence-electron chi connectivity index (χ0n) is 12.8. The number of benzene rings is 1. The lowest BCUT2D eigenvalue weighted by Crippen LogP contribution is -2.36. The molecule has 0 radical (unpaired) electrons. The second-order valence-corrected chi connectivity index (χ2v) is 4.95. The Kier molecular flexibility index (Phi) is 3.88. The van der Waals surface area contributed by atoms with Gasteiger partial charge in [0.15, 0.2) is 11.5 Å². The number of aromatic nitrogens is 2. The molecule has 6 nitrogen and oxygen atoms in total. The van der Waals surface area contributed by atoms with E-state index in [0.717, 1.165) is 10.1 Å². The van der Waals surface area contributed by atoms with Gasteiger partial charge in [-0.2, -0.15) is 0 Å². The summed E-state index contributed by atoms with van der Waals surface area (Å²) in [5.74, 6) is 0.915. The highest BCUT2D eigenvalue weighted by molar-refractivity contribution is 5.83. The summed E-state index contributed by atoms with van der Waals surface area (Å²) in [6.45, 7) is 3.76. The van der Waals surface area contributed by atoms with Gasteiger partial charge in [-0.25, -0.2) is 4.79 Å². The van der Waals surface area contributed by atoms with Gasteiger partial charge in [-0.3, -0.25) is 13.9 Å². The van der Waals surface area contributed by atoms with Gasteiger partial charge in [-0.1, -0.05) is 5.57 Å². The molecule has 6 heteroatoms. The van der Waals surface area contributed by atoms with Gasteiger partial charge in [0.25, 0.3) is 5.56 Å². The molecule has 0 aliphatic heterocycles. The summed E-state index contributed by atoms with van der Waals surface area (Å²) in [4.78, 5) is 24.6. The van der Waals surface area contributed by atoms with E-state index in [1.54, 1.807) is 18.3 Å². The van der Waals surface area contributed by atoms with Crippen LogP contribution < -0.4 is 20.7 Å². The van der Waals surface area contributed by atoms with Crippen molar-refractivity contribution in [2.24, 2.45) is 7.05 Å². The molecule has 1 heterocycles. The average molecular weight is 290 g/mol. The predicted octanol–water partition coefficient (Wildman–Crippen LogP) is 1.60. The summed E-state index contributed by atoms with van der Waals surface area (Å²) < 4.78 is 13.0. The van der Waals surface area contributed by atoms with E-state index in [-0.39, 0.29) is 5.56 Å². The standard InChI is InChI=1S/C15H18N2O4/c1-9(2)8-17-11-7-13(21-5)12(20-4)6-10(11)14(18)16(3)15(17)19/h6-8H,1-5H3. The largest absolute Gasteiger partial charge is 0.493 e. The first-order valence-corrected chi connectivity index (χ1v) is 6.43. The first-order valence-electron chi connectivity index (χ1n) is 6.43. The van der Waals surface area contributed by atoms with Crippen molar-refractivity contribution in [3.05, 3.63) is 38.5 Å². The Morgan fingerprint density at radius 2 is 1.67 bits per heavy atom. The molecule has 0 unspecified atom stereocenters. The molecule has 0 saturated heterocycles. The fourth-order valence-corrected chi connectivity index (χ4v) is 2.15. The molecule has 0 bridgehead atoms. The molecule has 0 atom stereocenters. The maximum Gasteiger partial charge on any atom is 0.335 e. The Morgan fingerprint density at radius 3 is 2.19 bits per heavy atom. The van der Waals surface area contributed by atoms with Crippen molar-refractivity contribution in [3.8, 4) is 11.5 Å². The molecule has 0 aliphatic rings. The third-order valence-corrected chi connectivity index (χ3v) is 3.18. The van der Waals surface area contributed by atoms with Crippen LogP contribution in [0.5, 0.6) is 11.5 Å². The van der Waals surface area contributed by atoms with Crippen LogP contribution in [0.3, 0.4) is 0 Å². The molecular formula is C15H18N2O4. The normalized spacial score (nSPS) is 10.5. The van der Waals surface area contributed by atoms with Gasteiger partial charge in [0.1, 0.15) is 0 Å². The van der Waals surface area contributed by atoms with Crippen LogP contribution in [0, 0.1) is 0 Å². The molecule has 2 rings (SSSR count). The van der Waals surface area contributed by atoms with Crippen molar-refractivity contribution in [2.75, 3.05) is 14.2 Å². The van der Waals surface area contributed by atoms with E-state index in [1.165, 1.54) is 25.8 Å². The van der Waals surface area contributed by atoms with Crippen molar-refractivity contribution < 1.29 is 9.47 Å². The molecule has 21 heavy (non-hydrogen) atoms. The quantitative estimate of drug-likeness (QED) is 0.861. The first-order chi connectivity index (χ1) is 9.90. The summed E-state index contributed by atoms with van der Waals surface area (Å²) in [5, 5.41) is 0.396. The number of rotatable bonds is 3. The van der Waals surface area contributed by atoms with Gasteiger partial charge >= 0.3 is 5.69 Å². The second-order valence-electron chi connectivity index (χ2n) is 4.95. The second kappa shape index (κ2) is 5.47. The van der Waals surface area contributed by atoms with Gasteiger partial charge in [0, 0.05) is 19.3 Å². The number of fused-ring (bicyclic) bond motifs is 1. The highest BCUT2D eigenvalue weighted by Gasteiger charge is 2.14. The number of hydrogen-bond acceptors (Lipinski definition) is 4. The number of allylic oxidation sites excluding steroid dienone is 1. The van der Waals surface area contributed by atoms with Crippen LogP contribution in [-0.2, 0) is 7.05 Å². The van der Waals surface area contributed by atoms with Crippen LogP contribution in [0.15, 0.2) is 27.3 Å². The Balaban J connectivity index is 3.06. The molecule has 0 amide bonds. The molecule has 0 saturated carbocycles. The van der Waals surface area contributed by atoms with E-state index in [9.17, 15) is 9.59 Å².